The Hall–Kier alpha value is -1.37. The van der Waals surface area contributed by atoms with E-state index in [2.05, 4.69) is 25.6 Å². The summed E-state index contributed by atoms with van der Waals surface area (Å²) in [6.07, 6.45) is 1.34. The van der Waals surface area contributed by atoms with E-state index in [0.717, 1.165) is 28.7 Å². The number of rotatable bonds is 4. The Labute approximate surface area is 98.2 Å². The van der Waals surface area contributed by atoms with E-state index in [4.69, 9.17) is 0 Å². The monoisotopic (exact) mass is 216 g/mol. The van der Waals surface area contributed by atoms with Gasteiger partial charge in [0.15, 0.2) is 5.78 Å². The van der Waals surface area contributed by atoms with Gasteiger partial charge >= 0.3 is 0 Å². The first-order valence-corrected chi connectivity index (χ1v) is 5.73. The highest BCUT2D eigenvalue weighted by Crippen LogP contribution is 2.20. The number of hydrogen-bond donors (Lipinski definition) is 0. The highest BCUT2D eigenvalue weighted by Gasteiger charge is 2.13. The molecule has 0 saturated carbocycles. The van der Waals surface area contributed by atoms with Crippen LogP contribution in [-0.4, -0.2) is 5.78 Å². The molecule has 0 heterocycles. The normalized spacial score (nSPS) is 10.2. The fourth-order valence-corrected chi connectivity index (χ4v) is 2.06. The van der Waals surface area contributed by atoms with Crippen molar-refractivity contribution in [3.05, 3.63) is 46.5 Å². The molecule has 1 nitrogen and oxygen atoms in total. The van der Waals surface area contributed by atoms with Crippen LogP contribution in [0.25, 0.3) is 0 Å². The maximum atomic E-state index is 12.1. The average molecular weight is 216 g/mol. The third-order valence-corrected chi connectivity index (χ3v) is 2.87. The van der Waals surface area contributed by atoms with Crippen LogP contribution in [0.3, 0.4) is 0 Å². The molecule has 0 aliphatic rings. The van der Waals surface area contributed by atoms with Crippen molar-refractivity contribution in [3.8, 4) is 0 Å². The van der Waals surface area contributed by atoms with E-state index in [1.807, 2.05) is 20.8 Å². The summed E-state index contributed by atoms with van der Waals surface area (Å²) in [6.45, 7) is 12.0. The third-order valence-electron chi connectivity index (χ3n) is 2.87. The van der Waals surface area contributed by atoms with Gasteiger partial charge in [-0.1, -0.05) is 36.8 Å². The average Bonchev–Trinajstić information content (AvgIpc) is 2.15. The number of benzene rings is 1. The van der Waals surface area contributed by atoms with E-state index >= 15 is 0 Å². The van der Waals surface area contributed by atoms with Crippen molar-refractivity contribution < 1.29 is 4.79 Å². The summed E-state index contributed by atoms with van der Waals surface area (Å²) in [6, 6.07) is 4.13. The van der Waals surface area contributed by atoms with Crippen molar-refractivity contribution in [1.29, 1.82) is 0 Å². The zero-order valence-corrected chi connectivity index (χ0v) is 10.7. The SMILES string of the molecule is C=C(CC)CC(=O)c1c(C)cc(C)cc1C. The lowest BCUT2D eigenvalue weighted by molar-refractivity contribution is 0.0991. The Morgan fingerprint density at radius 3 is 2.12 bits per heavy atom. The van der Waals surface area contributed by atoms with E-state index in [0.29, 0.717) is 6.42 Å². The molecule has 0 unspecified atom stereocenters. The first-order valence-electron chi connectivity index (χ1n) is 5.73. The molecule has 1 rings (SSSR count). The lowest BCUT2D eigenvalue weighted by Crippen LogP contribution is -2.06. The number of allylic oxidation sites excluding steroid dienone is 1. The summed E-state index contributed by atoms with van der Waals surface area (Å²) < 4.78 is 0. The van der Waals surface area contributed by atoms with Gasteiger partial charge in [0, 0.05) is 12.0 Å². The first-order chi connectivity index (χ1) is 7.45. The van der Waals surface area contributed by atoms with E-state index in [1.165, 1.54) is 5.56 Å². The van der Waals surface area contributed by atoms with Crippen LogP contribution in [0.2, 0.25) is 0 Å². The van der Waals surface area contributed by atoms with Gasteiger partial charge in [-0.25, -0.2) is 0 Å². The number of hydrogen-bond acceptors (Lipinski definition) is 1. The number of carbonyl (C=O) groups is 1. The molecule has 0 aliphatic heterocycles. The predicted molar refractivity (Wildman–Crippen MR) is 69.0 cm³/mol. The lowest BCUT2D eigenvalue weighted by Gasteiger charge is -2.10. The zero-order chi connectivity index (χ0) is 12.3. The van der Waals surface area contributed by atoms with Gasteiger partial charge in [-0.05, 0) is 38.3 Å². The minimum absolute atomic E-state index is 0.196. The van der Waals surface area contributed by atoms with Gasteiger partial charge < -0.3 is 0 Å². The summed E-state index contributed by atoms with van der Waals surface area (Å²) in [5.41, 5.74) is 5.24. The summed E-state index contributed by atoms with van der Waals surface area (Å²) in [4.78, 5) is 12.1. The van der Waals surface area contributed by atoms with Crippen LogP contribution in [-0.2, 0) is 0 Å². The minimum atomic E-state index is 0.196. The molecule has 0 aliphatic carbocycles. The summed E-state index contributed by atoms with van der Waals surface area (Å²) >= 11 is 0. The standard InChI is InChI=1S/C15H20O/c1-6-10(2)9-14(16)15-12(4)7-11(3)8-13(15)5/h7-8H,2,6,9H2,1,3-5H3. The van der Waals surface area contributed by atoms with Gasteiger partial charge in [0.05, 0.1) is 0 Å². The first kappa shape index (κ1) is 12.7. The molecule has 1 aromatic rings. The molecule has 86 valence electrons. The molecule has 1 aromatic carbocycles. The second kappa shape index (κ2) is 5.11. The van der Waals surface area contributed by atoms with Crippen LogP contribution in [0.5, 0.6) is 0 Å². The number of aryl methyl sites for hydroxylation is 3. The topological polar surface area (TPSA) is 17.1 Å². The van der Waals surface area contributed by atoms with Crippen LogP contribution in [0.4, 0.5) is 0 Å². The Bertz CT molecular complexity index is 404. The maximum absolute atomic E-state index is 12.1. The highest BCUT2D eigenvalue weighted by atomic mass is 16.1. The summed E-state index contributed by atoms with van der Waals surface area (Å²) in [7, 11) is 0. The molecule has 0 atom stereocenters. The van der Waals surface area contributed by atoms with E-state index in [9.17, 15) is 4.79 Å². The molecule has 0 fully saturated rings. The second-order valence-electron chi connectivity index (χ2n) is 4.48. The zero-order valence-electron chi connectivity index (χ0n) is 10.7. The predicted octanol–water partition coefficient (Wildman–Crippen LogP) is 4.15. The molecular formula is C15H20O. The summed E-state index contributed by atoms with van der Waals surface area (Å²) in [5, 5.41) is 0. The van der Waals surface area contributed by atoms with Crippen LogP contribution in [0.1, 0.15) is 46.8 Å². The van der Waals surface area contributed by atoms with Crippen LogP contribution >= 0.6 is 0 Å². The van der Waals surface area contributed by atoms with Gasteiger partial charge in [-0.2, -0.15) is 0 Å². The van der Waals surface area contributed by atoms with Crippen molar-refractivity contribution in [2.75, 3.05) is 0 Å². The number of ketones is 1. The van der Waals surface area contributed by atoms with E-state index in [1.54, 1.807) is 0 Å². The van der Waals surface area contributed by atoms with Crippen LogP contribution < -0.4 is 0 Å². The number of carbonyl (C=O) groups excluding carboxylic acids is 1. The molecule has 0 bridgehead atoms. The van der Waals surface area contributed by atoms with Crippen LogP contribution in [0, 0.1) is 20.8 Å². The van der Waals surface area contributed by atoms with Crippen molar-refractivity contribution in [3.63, 3.8) is 0 Å². The molecule has 0 radical (unpaired) electrons. The van der Waals surface area contributed by atoms with E-state index in [-0.39, 0.29) is 5.78 Å². The molecule has 0 aromatic heterocycles. The number of Topliss-reactive ketones (excluding diaryl/α,β-unsaturated/α-hetero) is 1. The Balaban J connectivity index is 3.04. The molecule has 0 amide bonds. The molecule has 16 heavy (non-hydrogen) atoms. The summed E-state index contributed by atoms with van der Waals surface area (Å²) in [5.74, 6) is 0.196. The molecule has 0 spiro atoms. The van der Waals surface area contributed by atoms with Gasteiger partial charge in [0.2, 0.25) is 0 Å². The Kier molecular flexibility index (Phi) is 4.05. The Morgan fingerprint density at radius 2 is 1.69 bits per heavy atom. The Morgan fingerprint density at radius 1 is 1.19 bits per heavy atom. The quantitative estimate of drug-likeness (QED) is 0.546. The third kappa shape index (κ3) is 2.82. The van der Waals surface area contributed by atoms with Crippen molar-refractivity contribution in [2.45, 2.75) is 40.5 Å². The van der Waals surface area contributed by atoms with Gasteiger partial charge in [0.25, 0.3) is 0 Å². The van der Waals surface area contributed by atoms with Crippen molar-refractivity contribution in [2.24, 2.45) is 0 Å². The van der Waals surface area contributed by atoms with E-state index < -0.39 is 0 Å². The van der Waals surface area contributed by atoms with Gasteiger partial charge in [-0.3, -0.25) is 4.79 Å². The fourth-order valence-electron chi connectivity index (χ4n) is 2.06. The second-order valence-corrected chi connectivity index (χ2v) is 4.48. The maximum Gasteiger partial charge on any atom is 0.167 e. The molecule has 0 saturated heterocycles. The smallest absolute Gasteiger partial charge is 0.167 e. The molecular weight excluding hydrogens is 196 g/mol. The van der Waals surface area contributed by atoms with Crippen LogP contribution in [0.15, 0.2) is 24.3 Å². The molecule has 0 N–H and O–H groups in total. The fraction of sp³-hybridized carbons (Fsp3) is 0.400. The van der Waals surface area contributed by atoms with Gasteiger partial charge in [0.1, 0.15) is 0 Å². The largest absolute Gasteiger partial charge is 0.294 e. The van der Waals surface area contributed by atoms with Crippen molar-refractivity contribution >= 4 is 5.78 Å². The highest BCUT2D eigenvalue weighted by molar-refractivity contribution is 6.00. The minimum Gasteiger partial charge on any atom is -0.294 e. The molecule has 1 heteroatoms. The lowest BCUT2D eigenvalue weighted by atomic mass is 9.93. The van der Waals surface area contributed by atoms with Gasteiger partial charge in [-0.15, -0.1) is 0 Å². The van der Waals surface area contributed by atoms with Crippen molar-refractivity contribution in [1.82, 2.24) is 0 Å².